The van der Waals surface area contributed by atoms with Gasteiger partial charge in [0.1, 0.15) is 5.52 Å². The van der Waals surface area contributed by atoms with Crippen LogP contribution in [0.2, 0.25) is 0 Å². The molecule has 1 fully saturated rings. The van der Waals surface area contributed by atoms with Crippen molar-refractivity contribution in [2.75, 3.05) is 11.1 Å². The molecule has 1 saturated carbocycles. The minimum atomic E-state index is 0.121. The van der Waals surface area contributed by atoms with Crippen LogP contribution in [0.5, 0.6) is 0 Å². The molecule has 17 heavy (non-hydrogen) atoms. The van der Waals surface area contributed by atoms with E-state index in [0.717, 1.165) is 11.1 Å². The second-order valence-corrected chi connectivity index (χ2v) is 5.11. The molecule has 1 aromatic heterocycles. The molecule has 3 N–H and O–H groups in total. The highest BCUT2D eigenvalue weighted by Crippen LogP contribution is 2.33. The third-order valence-corrected chi connectivity index (χ3v) is 3.57. The van der Waals surface area contributed by atoms with E-state index in [2.05, 4.69) is 17.2 Å². The average Bonchev–Trinajstić information content (AvgIpc) is 2.86. The molecule has 1 aliphatic carbocycles. The average molecular weight is 231 g/mol. The van der Waals surface area contributed by atoms with Gasteiger partial charge in [-0.2, -0.15) is 4.98 Å². The van der Waals surface area contributed by atoms with Gasteiger partial charge in [0.25, 0.3) is 6.01 Å². The van der Waals surface area contributed by atoms with E-state index in [0.29, 0.717) is 11.7 Å². The van der Waals surface area contributed by atoms with Crippen LogP contribution in [0.25, 0.3) is 11.1 Å². The van der Waals surface area contributed by atoms with Gasteiger partial charge >= 0.3 is 0 Å². The number of nitrogens with two attached hydrogens (primary N) is 1. The van der Waals surface area contributed by atoms with Gasteiger partial charge in [0, 0.05) is 5.54 Å². The Kier molecular flexibility index (Phi) is 2.24. The molecule has 90 valence electrons. The zero-order valence-corrected chi connectivity index (χ0v) is 9.99. The lowest BCUT2D eigenvalue weighted by molar-refractivity contribution is 0.497. The van der Waals surface area contributed by atoms with E-state index in [1.165, 1.54) is 25.7 Å². The minimum absolute atomic E-state index is 0.121. The molecule has 0 unspecified atom stereocenters. The van der Waals surface area contributed by atoms with Crippen LogP contribution in [0.4, 0.5) is 11.7 Å². The molecule has 1 aromatic carbocycles. The molecule has 0 saturated heterocycles. The van der Waals surface area contributed by atoms with E-state index in [1.807, 2.05) is 18.2 Å². The number of oxazole rings is 1. The van der Waals surface area contributed by atoms with Gasteiger partial charge in [0.2, 0.25) is 0 Å². The maximum atomic E-state index is 5.86. The van der Waals surface area contributed by atoms with Crippen molar-refractivity contribution in [2.45, 2.75) is 38.1 Å². The van der Waals surface area contributed by atoms with Crippen molar-refractivity contribution in [1.82, 2.24) is 4.98 Å². The summed E-state index contributed by atoms with van der Waals surface area (Å²) >= 11 is 0. The summed E-state index contributed by atoms with van der Waals surface area (Å²) in [5.74, 6) is 0. The number of benzene rings is 1. The van der Waals surface area contributed by atoms with Gasteiger partial charge in [-0.3, -0.25) is 0 Å². The first-order valence-corrected chi connectivity index (χ1v) is 6.10. The van der Waals surface area contributed by atoms with Gasteiger partial charge < -0.3 is 15.5 Å². The molecule has 0 radical (unpaired) electrons. The van der Waals surface area contributed by atoms with E-state index < -0.39 is 0 Å². The highest BCUT2D eigenvalue weighted by molar-refractivity contribution is 5.86. The highest BCUT2D eigenvalue weighted by atomic mass is 16.4. The number of aromatic nitrogens is 1. The van der Waals surface area contributed by atoms with Crippen molar-refractivity contribution in [3.63, 3.8) is 0 Å². The molecular formula is C13H17N3O. The number of nitrogen functional groups attached to an aromatic ring is 1. The van der Waals surface area contributed by atoms with Crippen LogP contribution in [-0.2, 0) is 0 Å². The Morgan fingerprint density at radius 3 is 2.82 bits per heavy atom. The van der Waals surface area contributed by atoms with Gasteiger partial charge in [-0.05, 0) is 31.9 Å². The Balaban J connectivity index is 1.93. The van der Waals surface area contributed by atoms with Crippen molar-refractivity contribution in [3.05, 3.63) is 18.2 Å². The summed E-state index contributed by atoms with van der Waals surface area (Å²) in [6.07, 6.45) is 4.88. The van der Waals surface area contributed by atoms with Crippen LogP contribution in [-0.4, -0.2) is 10.5 Å². The maximum absolute atomic E-state index is 5.86. The van der Waals surface area contributed by atoms with E-state index >= 15 is 0 Å². The second-order valence-electron chi connectivity index (χ2n) is 5.11. The third kappa shape index (κ3) is 1.84. The summed E-state index contributed by atoms with van der Waals surface area (Å²) in [7, 11) is 0. The Hall–Kier alpha value is -1.71. The van der Waals surface area contributed by atoms with Crippen molar-refractivity contribution < 1.29 is 4.42 Å². The van der Waals surface area contributed by atoms with Gasteiger partial charge in [-0.25, -0.2) is 0 Å². The van der Waals surface area contributed by atoms with E-state index in [1.54, 1.807) is 0 Å². The lowest BCUT2D eigenvalue weighted by Gasteiger charge is -2.23. The van der Waals surface area contributed by atoms with Crippen LogP contribution in [0.15, 0.2) is 22.6 Å². The standard InChI is InChI=1S/C13H17N3O/c1-13(7-2-3-8-13)16-12-15-11-9(14)5-4-6-10(11)17-12/h4-6H,2-3,7-8,14H2,1H3,(H,15,16). The minimum Gasteiger partial charge on any atom is -0.423 e. The predicted molar refractivity (Wildman–Crippen MR) is 68.9 cm³/mol. The number of hydrogen-bond donors (Lipinski definition) is 2. The first kappa shape index (κ1) is 10.4. The Morgan fingerprint density at radius 2 is 2.12 bits per heavy atom. The summed E-state index contributed by atoms with van der Waals surface area (Å²) in [6, 6.07) is 6.19. The SMILES string of the molecule is CC1(Nc2nc3c(N)cccc3o2)CCCC1. The molecule has 1 heterocycles. The number of para-hydroxylation sites is 1. The van der Waals surface area contributed by atoms with Crippen LogP contribution in [0.3, 0.4) is 0 Å². The highest BCUT2D eigenvalue weighted by Gasteiger charge is 2.29. The monoisotopic (exact) mass is 231 g/mol. The van der Waals surface area contributed by atoms with Crippen LogP contribution in [0, 0.1) is 0 Å². The van der Waals surface area contributed by atoms with Crippen molar-refractivity contribution in [1.29, 1.82) is 0 Å². The van der Waals surface area contributed by atoms with E-state index in [4.69, 9.17) is 10.2 Å². The van der Waals surface area contributed by atoms with Crippen molar-refractivity contribution in [2.24, 2.45) is 0 Å². The number of anilines is 2. The lowest BCUT2D eigenvalue weighted by atomic mass is 10.0. The number of hydrogen-bond acceptors (Lipinski definition) is 4. The number of rotatable bonds is 2. The summed E-state index contributed by atoms with van der Waals surface area (Å²) < 4.78 is 5.67. The largest absolute Gasteiger partial charge is 0.423 e. The fourth-order valence-electron chi connectivity index (χ4n) is 2.56. The molecule has 2 aromatic rings. The molecule has 1 aliphatic rings. The molecular weight excluding hydrogens is 214 g/mol. The van der Waals surface area contributed by atoms with Crippen LogP contribution in [0.1, 0.15) is 32.6 Å². The summed E-state index contributed by atoms with van der Waals surface area (Å²) in [6.45, 7) is 2.22. The molecule has 0 aliphatic heterocycles. The van der Waals surface area contributed by atoms with E-state index in [-0.39, 0.29) is 5.54 Å². The van der Waals surface area contributed by atoms with Crippen LogP contribution >= 0.6 is 0 Å². The van der Waals surface area contributed by atoms with Crippen molar-refractivity contribution in [3.8, 4) is 0 Å². The van der Waals surface area contributed by atoms with Crippen LogP contribution < -0.4 is 11.1 Å². The molecule has 3 rings (SSSR count). The normalized spacial score (nSPS) is 18.6. The number of nitrogens with one attached hydrogen (secondary N) is 1. The Labute approximate surface area is 100 Å². The predicted octanol–water partition coefficient (Wildman–Crippen LogP) is 3.15. The summed E-state index contributed by atoms with van der Waals surface area (Å²) in [5, 5.41) is 3.40. The first-order valence-electron chi connectivity index (χ1n) is 6.10. The molecule has 0 bridgehead atoms. The zero-order valence-electron chi connectivity index (χ0n) is 9.99. The lowest BCUT2D eigenvalue weighted by Crippen LogP contribution is -2.30. The Morgan fingerprint density at radius 1 is 1.35 bits per heavy atom. The second kappa shape index (κ2) is 3.65. The topological polar surface area (TPSA) is 64.1 Å². The molecule has 0 atom stereocenters. The van der Waals surface area contributed by atoms with Gasteiger partial charge in [-0.1, -0.05) is 18.9 Å². The van der Waals surface area contributed by atoms with Gasteiger partial charge in [-0.15, -0.1) is 0 Å². The fourth-order valence-corrected chi connectivity index (χ4v) is 2.56. The fraction of sp³-hybridized carbons (Fsp3) is 0.462. The quantitative estimate of drug-likeness (QED) is 0.779. The smallest absolute Gasteiger partial charge is 0.296 e. The molecule has 4 nitrogen and oxygen atoms in total. The molecule has 0 spiro atoms. The molecule has 0 amide bonds. The van der Waals surface area contributed by atoms with Gasteiger partial charge in [0.15, 0.2) is 5.58 Å². The van der Waals surface area contributed by atoms with Gasteiger partial charge in [0.05, 0.1) is 5.69 Å². The number of nitrogens with zero attached hydrogens (tertiary/aromatic N) is 1. The molecule has 4 heteroatoms. The Bertz CT molecular complexity index is 541. The third-order valence-electron chi connectivity index (χ3n) is 3.57. The maximum Gasteiger partial charge on any atom is 0.296 e. The van der Waals surface area contributed by atoms with Crippen molar-refractivity contribution >= 4 is 22.8 Å². The summed E-state index contributed by atoms with van der Waals surface area (Å²) in [5.41, 5.74) is 8.14. The zero-order chi connectivity index (χ0) is 11.9. The summed E-state index contributed by atoms with van der Waals surface area (Å²) in [4.78, 5) is 4.42. The number of fused-ring (bicyclic) bond motifs is 1. The van der Waals surface area contributed by atoms with E-state index in [9.17, 15) is 0 Å². The first-order chi connectivity index (χ1) is 8.16.